The summed E-state index contributed by atoms with van der Waals surface area (Å²) < 4.78 is 5.70. The smallest absolute Gasteiger partial charge is 0.0597 e. The van der Waals surface area contributed by atoms with Gasteiger partial charge in [-0.2, -0.15) is 0 Å². The molecule has 1 N–H and O–H groups in total. The van der Waals surface area contributed by atoms with Crippen LogP contribution in [-0.2, 0) is 4.74 Å². The molecular weight excluding hydrogens is 176 g/mol. The Kier molecular flexibility index (Phi) is 9.35. The first-order valence-electron chi connectivity index (χ1n) is 5.73. The first-order valence-corrected chi connectivity index (χ1v) is 5.73. The summed E-state index contributed by atoms with van der Waals surface area (Å²) in [4.78, 5) is 2.38. The highest BCUT2D eigenvalue weighted by Crippen LogP contribution is 1.96. The van der Waals surface area contributed by atoms with E-state index >= 15 is 0 Å². The lowest BCUT2D eigenvalue weighted by molar-refractivity contribution is 0.0456. The number of rotatable bonds is 9. The first-order chi connectivity index (χ1) is 6.74. The average Bonchev–Trinajstić information content (AvgIpc) is 2.21. The highest BCUT2D eigenvalue weighted by Gasteiger charge is 2.02. The molecule has 0 radical (unpaired) electrons. The molecule has 14 heavy (non-hydrogen) atoms. The van der Waals surface area contributed by atoms with Crippen molar-refractivity contribution in [3.63, 3.8) is 0 Å². The summed E-state index contributed by atoms with van der Waals surface area (Å²) in [7, 11) is 1.97. The summed E-state index contributed by atoms with van der Waals surface area (Å²) in [5.74, 6) is 0. The summed E-state index contributed by atoms with van der Waals surface area (Å²) in [6.07, 6.45) is 1.47. The predicted molar refractivity (Wildman–Crippen MR) is 61.7 cm³/mol. The second kappa shape index (κ2) is 9.44. The molecule has 0 fully saturated rings. The number of nitrogens with zero attached hydrogens (tertiary/aromatic N) is 1. The Balaban J connectivity index is 3.33. The van der Waals surface area contributed by atoms with Crippen LogP contribution in [0.2, 0.25) is 0 Å². The Labute approximate surface area is 88.8 Å². The highest BCUT2D eigenvalue weighted by atomic mass is 16.5. The molecule has 0 aliphatic rings. The maximum Gasteiger partial charge on any atom is 0.0597 e. The summed E-state index contributed by atoms with van der Waals surface area (Å²) >= 11 is 0. The van der Waals surface area contributed by atoms with Gasteiger partial charge < -0.3 is 15.0 Å². The van der Waals surface area contributed by atoms with Crippen molar-refractivity contribution < 1.29 is 4.74 Å². The maximum atomic E-state index is 5.70. The van der Waals surface area contributed by atoms with E-state index in [-0.39, 0.29) is 0 Å². The standard InChI is InChI=1S/C11H26N2O/c1-5-13(6-2)9-10-14-11(3)7-8-12-4/h11-12H,5-10H2,1-4H3. The SMILES string of the molecule is CCN(CC)CCOC(C)CCNC. The number of hydrogen-bond acceptors (Lipinski definition) is 3. The first kappa shape index (κ1) is 13.9. The van der Waals surface area contributed by atoms with E-state index in [2.05, 4.69) is 31.0 Å². The lowest BCUT2D eigenvalue weighted by Gasteiger charge is -2.19. The molecule has 0 saturated heterocycles. The fourth-order valence-corrected chi connectivity index (χ4v) is 1.35. The van der Waals surface area contributed by atoms with E-state index < -0.39 is 0 Å². The Morgan fingerprint density at radius 1 is 1.29 bits per heavy atom. The van der Waals surface area contributed by atoms with Crippen LogP contribution in [0.3, 0.4) is 0 Å². The van der Waals surface area contributed by atoms with E-state index in [4.69, 9.17) is 4.74 Å². The molecule has 3 nitrogen and oxygen atoms in total. The van der Waals surface area contributed by atoms with Gasteiger partial charge in [0.2, 0.25) is 0 Å². The average molecular weight is 202 g/mol. The third-order valence-corrected chi connectivity index (χ3v) is 2.51. The van der Waals surface area contributed by atoms with Gasteiger partial charge in [-0.15, -0.1) is 0 Å². The predicted octanol–water partition coefficient (Wildman–Crippen LogP) is 1.34. The molecule has 0 spiro atoms. The normalized spacial score (nSPS) is 13.5. The van der Waals surface area contributed by atoms with E-state index in [0.717, 1.165) is 39.2 Å². The molecule has 0 rings (SSSR count). The van der Waals surface area contributed by atoms with Crippen molar-refractivity contribution in [1.82, 2.24) is 10.2 Å². The molecule has 3 heteroatoms. The molecule has 0 bridgehead atoms. The molecule has 0 heterocycles. The molecule has 0 aromatic rings. The molecule has 0 aliphatic heterocycles. The summed E-state index contributed by atoms with van der Waals surface area (Å²) in [6.45, 7) is 11.7. The molecule has 86 valence electrons. The Bertz CT molecular complexity index is 116. The zero-order valence-corrected chi connectivity index (χ0v) is 10.2. The van der Waals surface area contributed by atoms with E-state index in [1.54, 1.807) is 0 Å². The van der Waals surface area contributed by atoms with Crippen molar-refractivity contribution >= 4 is 0 Å². The van der Waals surface area contributed by atoms with Crippen LogP contribution in [0.1, 0.15) is 27.2 Å². The van der Waals surface area contributed by atoms with Crippen molar-refractivity contribution in [1.29, 1.82) is 0 Å². The van der Waals surface area contributed by atoms with E-state index in [1.165, 1.54) is 0 Å². The van der Waals surface area contributed by atoms with Gasteiger partial charge in [-0.3, -0.25) is 0 Å². The van der Waals surface area contributed by atoms with Gasteiger partial charge in [-0.1, -0.05) is 13.8 Å². The van der Waals surface area contributed by atoms with Crippen LogP contribution in [0, 0.1) is 0 Å². The van der Waals surface area contributed by atoms with Crippen molar-refractivity contribution in [2.24, 2.45) is 0 Å². The lowest BCUT2D eigenvalue weighted by atomic mass is 10.3. The third kappa shape index (κ3) is 7.30. The van der Waals surface area contributed by atoms with Gasteiger partial charge in [-0.05, 0) is 40.0 Å². The molecule has 0 aliphatic carbocycles. The fraction of sp³-hybridized carbons (Fsp3) is 1.00. The van der Waals surface area contributed by atoms with Gasteiger partial charge in [0, 0.05) is 6.54 Å². The van der Waals surface area contributed by atoms with Crippen LogP contribution in [0.5, 0.6) is 0 Å². The minimum atomic E-state index is 0.373. The van der Waals surface area contributed by atoms with Gasteiger partial charge >= 0.3 is 0 Å². The van der Waals surface area contributed by atoms with Gasteiger partial charge in [0.1, 0.15) is 0 Å². The molecule has 0 amide bonds. The number of hydrogen-bond donors (Lipinski definition) is 1. The largest absolute Gasteiger partial charge is 0.377 e. The van der Waals surface area contributed by atoms with Crippen molar-refractivity contribution in [2.45, 2.75) is 33.3 Å². The summed E-state index contributed by atoms with van der Waals surface area (Å²) in [6, 6.07) is 0. The van der Waals surface area contributed by atoms with E-state index in [0.29, 0.717) is 6.10 Å². The molecule has 0 saturated carbocycles. The number of likely N-dealkylation sites (N-methyl/N-ethyl adjacent to an activating group) is 1. The molecule has 1 atom stereocenters. The monoisotopic (exact) mass is 202 g/mol. The molecule has 1 unspecified atom stereocenters. The summed E-state index contributed by atoms with van der Waals surface area (Å²) in [5, 5.41) is 3.13. The molecule has 0 aromatic carbocycles. The highest BCUT2D eigenvalue weighted by molar-refractivity contribution is 4.55. The maximum absolute atomic E-state index is 5.70. The third-order valence-electron chi connectivity index (χ3n) is 2.51. The Morgan fingerprint density at radius 2 is 1.93 bits per heavy atom. The van der Waals surface area contributed by atoms with Gasteiger partial charge in [0.25, 0.3) is 0 Å². The van der Waals surface area contributed by atoms with Crippen molar-refractivity contribution in [3.8, 4) is 0 Å². The number of ether oxygens (including phenoxy) is 1. The van der Waals surface area contributed by atoms with Crippen LogP contribution in [0.4, 0.5) is 0 Å². The quantitative estimate of drug-likeness (QED) is 0.611. The van der Waals surface area contributed by atoms with Crippen LogP contribution < -0.4 is 5.32 Å². The van der Waals surface area contributed by atoms with Crippen LogP contribution in [-0.4, -0.2) is 50.8 Å². The van der Waals surface area contributed by atoms with Crippen LogP contribution in [0.25, 0.3) is 0 Å². The Morgan fingerprint density at radius 3 is 2.43 bits per heavy atom. The molecule has 0 aromatic heterocycles. The van der Waals surface area contributed by atoms with Gasteiger partial charge in [0.05, 0.1) is 12.7 Å². The summed E-state index contributed by atoms with van der Waals surface area (Å²) in [5.41, 5.74) is 0. The van der Waals surface area contributed by atoms with Crippen LogP contribution >= 0.6 is 0 Å². The second-order valence-corrected chi connectivity index (χ2v) is 3.60. The van der Waals surface area contributed by atoms with Crippen molar-refractivity contribution in [2.75, 3.05) is 39.8 Å². The van der Waals surface area contributed by atoms with E-state index in [9.17, 15) is 0 Å². The van der Waals surface area contributed by atoms with Crippen LogP contribution in [0.15, 0.2) is 0 Å². The topological polar surface area (TPSA) is 24.5 Å². The van der Waals surface area contributed by atoms with Gasteiger partial charge in [-0.25, -0.2) is 0 Å². The van der Waals surface area contributed by atoms with Crippen molar-refractivity contribution in [3.05, 3.63) is 0 Å². The zero-order valence-electron chi connectivity index (χ0n) is 10.2. The minimum Gasteiger partial charge on any atom is -0.377 e. The Hall–Kier alpha value is -0.120. The fourth-order valence-electron chi connectivity index (χ4n) is 1.35. The van der Waals surface area contributed by atoms with E-state index in [1.807, 2.05) is 7.05 Å². The second-order valence-electron chi connectivity index (χ2n) is 3.60. The van der Waals surface area contributed by atoms with Gasteiger partial charge in [0.15, 0.2) is 0 Å². The zero-order chi connectivity index (χ0) is 10.8. The number of nitrogens with one attached hydrogen (secondary N) is 1. The molecular formula is C11H26N2O. The lowest BCUT2D eigenvalue weighted by Crippen LogP contribution is -2.28. The minimum absolute atomic E-state index is 0.373.